The van der Waals surface area contributed by atoms with Crippen molar-refractivity contribution < 1.29 is 9.90 Å². The summed E-state index contributed by atoms with van der Waals surface area (Å²) < 4.78 is 0. The number of benzene rings is 1. The molecule has 1 aliphatic rings. The van der Waals surface area contributed by atoms with Crippen LogP contribution in [0.3, 0.4) is 0 Å². The summed E-state index contributed by atoms with van der Waals surface area (Å²) in [6.45, 7) is 1.96. The summed E-state index contributed by atoms with van der Waals surface area (Å²) in [5.41, 5.74) is 2.59. The molecule has 1 N–H and O–H groups in total. The highest BCUT2D eigenvalue weighted by Gasteiger charge is 2.23. The third-order valence-electron chi connectivity index (χ3n) is 2.51. The number of hydrogen-bond acceptors (Lipinski definition) is 2. The Bertz CT molecular complexity index is 355. The molecule has 0 fully saturated rings. The monoisotopic (exact) mass is 176 g/mol. The fraction of sp³-hybridized carbons (Fsp3) is 0.364. The second-order valence-electron chi connectivity index (χ2n) is 3.57. The van der Waals surface area contributed by atoms with E-state index < -0.39 is 6.10 Å². The highest BCUT2D eigenvalue weighted by Crippen LogP contribution is 2.29. The summed E-state index contributed by atoms with van der Waals surface area (Å²) in [4.78, 5) is 11.4. The molecule has 68 valence electrons. The summed E-state index contributed by atoms with van der Waals surface area (Å²) in [5, 5.41) is 9.65. The highest BCUT2D eigenvalue weighted by molar-refractivity contribution is 5.98. The first-order valence-corrected chi connectivity index (χ1v) is 4.50. The van der Waals surface area contributed by atoms with Gasteiger partial charge in [0.05, 0.1) is 6.10 Å². The van der Waals surface area contributed by atoms with Gasteiger partial charge in [0, 0.05) is 12.0 Å². The van der Waals surface area contributed by atoms with Gasteiger partial charge in [0.1, 0.15) is 0 Å². The number of ketones is 1. The van der Waals surface area contributed by atoms with E-state index in [1.165, 1.54) is 0 Å². The van der Waals surface area contributed by atoms with Crippen molar-refractivity contribution in [2.24, 2.45) is 0 Å². The molecule has 0 bridgehead atoms. The molecule has 0 saturated heterocycles. The summed E-state index contributed by atoms with van der Waals surface area (Å²) in [6, 6.07) is 5.63. The van der Waals surface area contributed by atoms with Gasteiger partial charge < -0.3 is 5.11 Å². The molecule has 0 radical (unpaired) electrons. The molecule has 0 aliphatic heterocycles. The maximum Gasteiger partial charge on any atom is 0.163 e. The minimum Gasteiger partial charge on any atom is -0.388 e. The van der Waals surface area contributed by atoms with Crippen LogP contribution in [0.15, 0.2) is 18.2 Å². The van der Waals surface area contributed by atoms with Gasteiger partial charge in [-0.25, -0.2) is 0 Å². The van der Waals surface area contributed by atoms with E-state index in [-0.39, 0.29) is 5.78 Å². The van der Waals surface area contributed by atoms with Crippen LogP contribution in [0.25, 0.3) is 0 Å². The van der Waals surface area contributed by atoms with E-state index in [4.69, 9.17) is 0 Å². The Morgan fingerprint density at radius 2 is 2.23 bits per heavy atom. The van der Waals surface area contributed by atoms with Crippen molar-refractivity contribution in [1.29, 1.82) is 0 Å². The van der Waals surface area contributed by atoms with Crippen LogP contribution in [0.1, 0.15) is 40.4 Å². The van der Waals surface area contributed by atoms with Gasteiger partial charge in [-0.3, -0.25) is 4.79 Å². The van der Waals surface area contributed by atoms with Crippen molar-refractivity contribution in [2.45, 2.75) is 25.9 Å². The van der Waals surface area contributed by atoms with Crippen molar-refractivity contribution in [3.8, 4) is 0 Å². The lowest BCUT2D eigenvalue weighted by Gasteiger charge is -2.20. The fourth-order valence-corrected chi connectivity index (χ4v) is 1.77. The van der Waals surface area contributed by atoms with Crippen LogP contribution >= 0.6 is 0 Å². The second-order valence-corrected chi connectivity index (χ2v) is 3.57. The molecule has 2 nitrogen and oxygen atoms in total. The zero-order valence-electron chi connectivity index (χ0n) is 7.58. The zero-order chi connectivity index (χ0) is 9.42. The van der Waals surface area contributed by atoms with Crippen molar-refractivity contribution in [3.05, 3.63) is 34.9 Å². The summed E-state index contributed by atoms with van der Waals surface area (Å²) in [6.07, 6.45) is 0.583. The van der Waals surface area contributed by atoms with Gasteiger partial charge in [-0.15, -0.1) is 0 Å². The molecule has 0 unspecified atom stereocenters. The number of carbonyl (C=O) groups excluding carboxylic acids is 1. The van der Waals surface area contributed by atoms with Crippen molar-refractivity contribution in [2.75, 3.05) is 0 Å². The van der Waals surface area contributed by atoms with Crippen LogP contribution < -0.4 is 0 Å². The average Bonchev–Trinajstić information content (AvgIpc) is 2.12. The third kappa shape index (κ3) is 1.38. The predicted octanol–water partition coefficient (Wildman–Crippen LogP) is 2.00. The Hall–Kier alpha value is -1.15. The van der Waals surface area contributed by atoms with Crippen molar-refractivity contribution >= 4 is 5.78 Å². The molecular weight excluding hydrogens is 164 g/mol. The normalized spacial score (nSPS) is 21.4. The molecule has 0 aromatic heterocycles. The Morgan fingerprint density at radius 1 is 1.46 bits per heavy atom. The lowest BCUT2D eigenvalue weighted by Crippen LogP contribution is -2.15. The van der Waals surface area contributed by atoms with Crippen molar-refractivity contribution in [3.63, 3.8) is 0 Å². The molecule has 0 saturated carbocycles. The van der Waals surface area contributed by atoms with Gasteiger partial charge in [-0.1, -0.05) is 23.8 Å². The molecule has 1 aromatic rings. The maximum atomic E-state index is 11.4. The van der Waals surface area contributed by atoms with Gasteiger partial charge >= 0.3 is 0 Å². The first-order valence-electron chi connectivity index (χ1n) is 4.50. The highest BCUT2D eigenvalue weighted by atomic mass is 16.3. The fourth-order valence-electron chi connectivity index (χ4n) is 1.77. The molecule has 0 spiro atoms. The number of aryl methyl sites for hydroxylation is 1. The van der Waals surface area contributed by atoms with Gasteiger partial charge in [0.15, 0.2) is 5.78 Å². The molecular formula is C11H12O2. The van der Waals surface area contributed by atoms with Crippen molar-refractivity contribution in [1.82, 2.24) is 0 Å². The van der Waals surface area contributed by atoms with Crippen LogP contribution in [-0.2, 0) is 0 Å². The molecule has 0 heterocycles. The second kappa shape index (κ2) is 2.96. The predicted molar refractivity (Wildman–Crippen MR) is 49.7 cm³/mol. The molecule has 1 atom stereocenters. The SMILES string of the molecule is Cc1ccc2c(c1)[C@H](O)CCC2=O. The van der Waals surface area contributed by atoms with Crippen LogP contribution in [0, 0.1) is 6.92 Å². The Kier molecular flexibility index (Phi) is 1.93. The van der Waals surface area contributed by atoms with E-state index >= 15 is 0 Å². The Morgan fingerprint density at radius 3 is 3.00 bits per heavy atom. The van der Waals surface area contributed by atoms with Crippen LogP contribution in [0.2, 0.25) is 0 Å². The number of Topliss-reactive ketones (excluding diaryl/α,β-unsaturated/α-hetero) is 1. The van der Waals surface area contributed by atoms with E-state index in [2.05, 4.69) is 0 Å². The minimum absolute atomic E-state index is 0.153. The average molecular weight is 176 g/mol. The van der Waals surface area contributed by atoms with Gasteiger partial charge in [-0.05, 0) is 18.9 Å². The number of rotatable bonds is 0. The number of hydrogen-bond donors (Lipinski definition) is 1. The van der Waals surface area contributed by atoms with E-state index in [0.717, 1.165) is 11.1 Å². The molecule has 1 aliphatic carbocycles. The third-order valence-corrected chi connectivity index (χ3v) is 2.51. The lowest BCUT2D eigenvalue weighted by atomic mass is 9.87. The first-order chi connectivity index (χ1) is 6.18. The zero-order valence-corrected chi connectivity index (χ0v) is 7.58. The quantitative estimate of drug-likeness (QED) is 0.656. The van der Waals surface area contributed by atoms with Gasteiger partial charge in [0.25, 0.3) is 0 Å². The number of aliphatic hydroxyl groups is 1. The maximum absolute atomic E-state index is 11.4. The molecule has 0 amide bonds. The molecule has 13 heavy (non-hydrogen) atoms. The van der Waals surface area contributed by atoms with E-state index in [9.17, 15) is 9.90 Å². The van der Waals surface area contributed by atoms with Gasteiger partial charge in [-0.2, -0.15) is 0 Å². The van der Waals surface area contributed by atoms with Crippen LogP contribution in [0.4, 0.5) is 0 Å². The molecule has 1 aromatic carbocycles. The largest absolute Gasteiger partial charge is 0.388 e. The lowest BCUT2D eigenvalue weighted by molar-refractivity contribution is 0.0897. The molecule has 2 heteroatoms. The number of fused-ring (bicyclic) bond motifs is 1. The van der Waals surface area contributed by atoms with E-state index in [1.54, 1.807) is 0 Å². The van der Waals surface area contributed by atoms with Crippen LogP contribution in [0.5, 0.6) is 0 Å². The van der Waals surface area contributed by atoms with Gasteiger partial charge in [0.2, 0.25) is 0 Å². The smallest absolute Gasteiger partial charge is 0.163 e. The first kappa shape index (κ1) is 8.45. The summed E-state index contributed by atoms with van der Waals surface area (Å²) in [7, 11) is 0. The standard InChI is InChI=1S/C11H12O2/c1-7-2-3-8-9(6-7)11(13)5-4-10(8)12/h2-3,6,11,13H,4-5H2,1H3/t11-/m1/s1. The summed E-state index contributed by atoms with van der Waals surface area (Å²) >= 11 is 0. The van der Waals surface area contributed by atoms with E-state index in [0.29, 0.717) is 18.4 Å². The minimum atomic E-state index is -0.451. The van der Waals surface area contributed by atoms with Crippen LogP contribution in [-0.4, -0.2) is 10.9 Å². The Labute approximate surface area is 77.2 Å². The summed E-state index contributed by atoms with van der Waals surface area (Å²) in [5.74, 6) is 0.153. The molecule has 2 rings (SSSR count). The van der Waals surface area contributed by atoms with E-state index in [1.807, 2.05) is 25.1 Å². The number of carbonyl (C=O) groups is 1. The Balaban J connectivity index is 2.57. The topological polar surface area (TPSA) is 37.3 Å². The number of aliphatic hydroxyl groups excluding tert-OH is 1.